The number of aromatic hydroxyl groups is 1. The minimum atomic E-state index is -0.404. The smallest absolute Gasteiger partial charge is 0.240 e. The fraction of sp³-hybridized carbons (Fsp3) is 0.533. The number of benzene rings is 1. The van der Waals surface area contributed by atoms with Gasteiger partial charge in [0, 0.05) is 12.1 Å². The summed E-state index contributed by atoms with van der Waals surface area (Å²) in [5, 5.41) is 16.0. The predicted molar refractivity (Wildman–Crippen MR) is 74.8 cm³/mol. The van der Waals surface area contributed by atoms with Crippen LogP contribution >= 0.6 is 0 Å². The maximum absolute atomic E-state index is 12.4. The van der Waals surface area contributed by atoms with Gasteiger partial charge in [0.15, 0.2) is 0 Å². The van der Waals surface area contributed by atoms with Gasteiger partial charge in [-0.05, 0) is 31.9 Å². The first-order chi connectivity index (χ1) is 9.18. The third-order valence-electron chi connectivity index (χ3n) is 3.79. The van der Waals surface area contributed by atoms with Crippen LogP contribution in [0.2, 0.25) is 0 Å². The number of amides is 1. The van der Waals surface area contributed by atoms with E-state index in [1.165, 1.54) is 0 Å². The van der Waals surface area contributed by atoms with Gasteiger partial charge in [0.1, 0.15) is 5.75 Å². The van der Waals surface area contributed by atoms with Gasteiger partial charge in [-0.3, -0.25) is 4.79 Å². The third kappa shape index (κ3) is 3.07. The number of hydrogen-bond acceptors (Lipinski definition) is 3. The minimum absolute atomic E-state index is 0.0510. The number of phenols is 1. The van der Waals surface area contributed by atoms with Crippen LogP contribution < -0.4 is 10.6 Å². The molecule has 0 saturated carbocycles. The lowest BCUT2D eigenvalue weighted by Crippen LogP contribution is -2.53. The molecule has 1 fully saturated rings. The van der Waals surface area contributed by atoms with E-state index in [0.29, 0.717) is 6.54 Å². The molecule has 19 heavy (non-hydrogen) atoms. The summed E-state index contributed by atoms with van der Waals surface area (Å²) in [7, 11) is 0. The zero-order valence-corrected chi connectivity index (χ0v) is 11.4. The van der Waals surface area contributed by atoms with Crippen LogP contribution in [0.25, 0.3) is 0 Å². The number of nitrogens with one attached hydrogen (secondary N) is 2. The molecule has 1 aromatic rings. The van der Waals surface area contributed by atoms with E-state index >= 15 is 0 Å². The van der Waals surface area contributed by atoms with Gasteiger partial charge < -0.3 is 15.7 Å². The number of carbonyl (C=O) groups is 1. The van der Waals surface area contributed by atoms with Crippen LogP contribution in [-0.2, 0) is 11.3 Å². The molecule has 1 heterocycles. The van der Waals surface area contributed by atoms with Crippen molar-refractivity contribution >= 4 is 5.91 Å². The summed E-state index contributed by atoms with van der Waals surface area (Å²) >= 11 is 0. The van der Waals surface area contributed by atoms with Crippen molar-refractivity contribution in [2.24, 2.45) is 0 Å². The van der Waals surface area contributed by atoms with Crippen LogP contribution in [0.1, 0.15) is 38.2 Å². The number of phenolic OH excluding ortho intramolecular Hbond substituents is 1. The second-order valence-corrected chi connectivity index (χ2v) is 5.17. The first-order valence-electron chi connectivity index (χ1n) is 6.98. The van der Waals surface area contributed by atoms with Gasteiger partial charge in [-0.1, -0.05) is 31.5 Å². The second kappa shape index (κ2) is 6.06. The zero-order valence-electron chi connectivity index (χ0n) is 11.4. The van der Waals surface area contributed by atoms with Crippen LogP contribution in [0, 0.1) is 0 Å². The summed E-state index contributed by atoms with van der Waals surface area (Å²) in [4.78, 5) is 12.4. The molecular weight excluding hydrogens is 240 g/mol. The zero-order chi connectivity index (χ0) is 13.7. The molecule has 4 heteroatoms. The van der Waals surface area contributed by atoms with E-state index in [-0.39, 0.29) is 11.7 Å². The van der Waals surface area contributed by atoms with Gasteiger partial charge in [-0.25, -0.2) is 0 Å². The van der Waals surface area contributed by atoms with Crippen LogP contribution in [0.5, 0.6) is 5.75 Å². The average Bonchev–Trinajstić information content (AvgIpc) is 2.88. The lowest BCUT2D eigenvalue weighted by molar-refractivity contribution is -0.127. The molecule has 0 aliphatic carbocycles. The van der Waals surface area contributed by atoms with Crippen molar-refractivity contribution in [3.8, 4) is 5.75 Å². The standard InChI is InChI=1S/C15H22N2O2/c1-2-8-15(9-5-10-17-15)14(19)16-11-12-6-3-4-7-13(12)18/h3-4,6-7,17-18H,2,5,8-11H2,1H3,(H,16,19). The highest BCUT2D eigenvalue weighted by atomic mass is 16.3. The molecule has 2 rings (SSSR count). The predicted octanol–water partition coefficient (Wildman–Crippen LogP) is 1.93. The van der Waals surface area contributed by atoms with Crippen molar-refractivity contribution in [1.29, 1.82) is 0 Å². The SMILES string of the molecule is CCCC1(C(=O)NCc2ccccc2O)CCCN1. The Hall–Kier alpha value is -1.55. The molecule has 1 aliphatic rings. The summed E-state index contributed by atoms with van der Waals surface area (Å²) in [5.41, 5.74) is 0.347. The van der Waals surface area contributed by atoms with E-state index in [1.54, 1.807) is 12.1 Å². The summed E-state index contributed by atoms with van der Waals surface area (Å²) < 4.78 is 0. The molecule has 1 amide bonds. The number of para-hydroxylation sites is 1. The molecule has 0 bridgehead atoms. The quantitative estimate of drug-likeness (QED) is 0.760. The Bertz CT molecular complexity index is 440. The molecule has 1 aliphatic heterocycles. The van der Waals surface area contributed by atoms with Crippen molar-refractivity contribution in [2.45, 2.75) is 44.7 Å². The van der Waals surface area contributed by atoms with Crippen LogP contribution in [0.4, 0.5) is 0 Å². The number of rotatable bonds is 5. The Morgan fingerprint density at radius 3 is 2.89 bits per heavy atom. The monoisotopic (exact) mass is 262 g/mol. The van der Waals surface area contributed by atoms with Gasteiger partial charge in [-0.2, -0.15) is 0 Å². The largest absolute Gasteiger partial charge is 0.508 e. The molecule has 1 unspecified atom stereocenters. The van der Waals surface area contributed by atoms with Crippen molar-refractivity contribution in [3.63, 3.8) is 0 Å². The van der Waals surface area contributed by atoms with Crippen LogP contribution in [-0.4, -0.2) is 23.1 Å². The van der Waals surface area contributed by atoms with E-state index in [0.717, 1.165) is 37.8 Å². The van der Waals surface area contributed by atoms with E-state index in [9.17, 15) is 9.90 Å². The highest BCUT2D eigenvalue weighted by Crippen LogP contribution is 2.25. The van der Waals surface area contributed by atoms with Crippen molar-refractivity contribution in [2.75, 3.05) is 6.54 Å². The summed E-state index contributed by atoms with van der Waals surface area (Å²) in [6.07, 6.45) is 3.79. The van der Waals surface area contributed by atoms with Gasteiger partial charge in [0.05, 0.1) is 5.54 Å². The Morgan fingerprint density at radius 2 is 2.26 bits per heavy atom. The molecule has 1 aromatic carbocycles. The molecule has 0 spiro atoms. The number of carbonyl (C=O) groups excluding carboxylic acids is 1. The van der Waals surface area contributed by atoms with Crippen molar-refractivity contribution < 1.29 is 9.90 Å². The number of hydrogen-bond donors (Lipinski definition) is 3. The van der Waals surface area contributed by atoms with Gasteiger partial charge >= 0.3 is 0 Å². The van der Waals surface area contributed by atoms with Gasteiger partial charge in [0.25, 0.3) is 0 Å². The average molecular weight is 262 g/mol. The fourth-order valence-electron chi connectivity index (χ4n) is 2.76. The Labute approximate surface area is 114 Å². The molecular formula is C15H22N2O2. The normalized spacial score (nSPS) is 22.4. The summed E-state index contributed by atoms with van der Waals surface area (Å²) in [6.45, 7) is 3.38. The lowest BCUT2D eigenvalue weighted by Gasteiger charge is -2.27. The Kier molecular flexibility index (Phi) is 4.43. The van der Waals surface area contributed by atoms with Gasteiger partial charge in [-0.15, -0.1) is 0 Å². The Morgan fingerprint density at radius 1 is 1.47 bits per heavy atom. The fourth-order valence-corrected chi connectivity index (χ4v) is 2.76. The van der Waals surface area contributed by atoms with Gasteiger partial charge in [0.2, 0.25) is 5.91 Å². The molecule has 1 saturated heterocycles. The minimum Gasteiger partial charge on any atom is -0.508 e. The first kappa shape index (κ1) is 13.9. The van der Waals surface area contributed by atoms with Crippen LogP contribution in [0.3, 0.4) is 0 Å². The molecule has 1 atom stereocenters. The lowest BCUT2D eigenvalue weighted by atomic mass is 9.91. The van der Waals surface area contributed by atoms with E-state index in [2.05, 4.69) is 17.6 Å². The molecule has 104 valence electrons. The van der Waals surface area contributed by atoms with Crippen molar-refractivity contribution in [3.05, 3.63) is 29.8 Å². The highest BCUT2D eigenvalue weighted by molar-refractivity contribution is 5.86. The highest BCUT2D eigenvalue weighted by Gasteiger charge is 2.39. The third-order valence-corrected chi connectivity index (χ3v) is 3.79. The molecule has 0 aromatic heterocycles. The molecule has 0 radical (unpaired) electrons. The maximum Gasteiger partial charge on any atom is 0.240 e. The van der Waals surface area contributed by atoms with Crippen molar-refractivity contribution in [1.82, 2.24) is 10.6 Å². The second-order valence-electron chi connectivity index (χ2n) is 5.17. The topological polar surface area (TPSA) is 61.4 Å². The first-order valence-corrected chi connectivity index (χ1v) is 6.98. The van der Waals surface area contributed by atoms with E-state index < -0.39 is 5.54 Å². The van der Waals surface area contributed by atoms with E-state index in [1.807, 2.05) is 12.1 Å². The summed E-state index contributed by atoms with van der Waals surface area (Å²) in [6, 6.07) is 7.09. The molecule has 4 nitrogen and oxygen atoms in total. The van der Waals surface area contributed by atoms with Crippen LogP contribution in [0.15, 0.2) is 24.3 Å². The maximum atomic E-state index is 12.4. The summed E-state index contributed by atoms with van der Waals surface area (Å²) in [5.74, 6) is 0.279. The van der Waals surface area contributed by atoms with E-state index in [4.69, 9.17) is 0 Å². The molecule has 3 N–H and O–H groups in total. The Balaban J connectivity index is 1.98.